The SMILES string of the molecule is C[C@@H]1CN([C@H](C)CO)C(=O)c2cccc(NS(=O)(=O)c3ccc(Cl)cc3)c2O[C@@H]1CN(C)Cc1ccc(Oc2ccccc2)cc1. The number of halogens is 1. The van der Waals surface area contributed by atoms with Gasteiger partial charge in [0.2, 0.25) is 0 Å². The number of fused-ring (bicyclic) bond motifs is 1. The standard InChI is InChI=1S/C35H38ClN3O6S/c1-24-20-39(25(2)23-40)35(41)31-10-7-11-32(37-46(42,43)30-18-14-27(36)15-19-30)34(31)45-33(24)22-38(3)21-26-12-16-29(17-13-26)44-28-8-5-4-6-9-28/h4-19,24-25,33,37,40H,20-23H2,1-3H3/t24-,25-,33-/m1/s1. The van der Waals surface area contributed by atoms with Gasteiger partial charge in [0.1, 0.15) is 17.6 Å². The highest BCUT2D eigenvalue weighted by atomic mass is 35.5. The summed E-state index contributed by atoms with van der Waals surface area (Å²) in [6.45, 7) is 5.01. The van der Waals surface area contributed by atoms with Crippen molar-refractivity contribution in [3.05, 3.63) is 113 Å². The molecule has 4 aromatic carbocycles. The van der Waals surface area contributed by atoms with Crippen LogP contribution < -0.4 is 14.2 Å². The maximum absolute atomic E-state index is 13.8. The van der Waals surface area contributed by atoms with Gasteiger partial charge >= 0.3 is 0 Å². The van der Waals surface area contributed by atoms with Crippen molar-refractivity contribution in [2.75, 3.05) is 31.5 Å². The van der Waals surface area contributed by atoms with E-state index in [1.807, 2.05) is 68.6 Å². The molecule has 1 aliphatic heterocycles. The molecule has 46 heavy (non-hydrogen) atoms. The number of carbonyl (C=O) groups is 1. The van der Waals surface area contributed by atoms with E-state index in [-0.39, 0.29) is 40.3 Å². The number of hydrogen-bond donors (Lipinski definition) is 2. The smallest absolute Gasteiger partial charge is 0.262 e. The number of ether oxygens (including phenoxy) is 2. The van der Waals surface area contributed by atoms with E-state index >= 15 is 0 Å². The number of aliphatic hydroxyl groups is 1. The first-order chi connectivity index (χ1) is 22.0. The van der Waals surface area contributed by atoms with E-state index in [9.17, 15) is 18.3 Å². The number of sulfonamides is 1. The van der Waals surface area contributed by atoms with Gasteiger partial charge in [0.05, 0.1) is 28.8 Å². The van der Waals surface area contributed by atoms with Crippen molar-refractivity contribution in [1.82, 2.24) is 9.80 Å². The zero-order chi connectivity index (χ0) is 32.8. The number of nitrogens with zero attached hydrogens (tertiary/aromatic N) is 2. The summed E-state index contributed by atoms with van der Waals surface area (Å²) in [5.41, 5.74) is 1.43. The number of benzene rings is 4. The minimum Gasteiger partial charge on any atom is -0.486 e. The number of carbonyl (C=O) groups excluding carboxylic acids is 1. The molecule has 9 nitrogen and oxygen atoms in total. The first-order valence-electron chi connectivity index (χ1n) is 15.0. The maximum atomic E-state index is 13.8. The van der Waals surface area contributed by atoms with Crippen LogP contribution in [0, 0.1) is 5.92 Å². The molecule has 0 fully saturated rings. The summed E-state index contributed by atoms with van der Waals surface area (Å²) < 4.78 is 41.8. The third-order valence-corrected chi connectivity index (χ3v) is 9.54. The van der Waals surface area contributed by atoms with Gasteiger partial charge in [-0.3, -0.25) is 14.4 Å². The molecule has 0 aliphatic carbocycles. The van der Waals surface area contributed by atoms with Gasteiger partial charge in [-0.05, 0) is 80.2 Å². The second-order valence-electron chi connectivity index (χ2n) is 11.6. The molecule has 3 atom stereocenters. The van der Waals surface area contributed by atoms with Crippen LogP contribution in [-0.2, 0) is 16.6 Å². The van der Waals surface area contributed by atoms with Crippen LogP contribution in [0.4, 0.5) is 5.69 Å². The molecule has 1 heterocycles. The highest BCUT2D eigenvalue weighted by Crippen LogP contribution is 2.36. The lowest BCUT2D eigenvalue weighted by atomic mass is 9.99. The number of hydrogen-bond acceptors (Lipinski definition) is 7. The van der Waals surface area contributed by atoms with E-state index in [1.54, 1.807) is 30.0 Å². The van der Waals surface area contributed by atoms with Crippen molar-refractivity contribution in [1.29, 1.82) is 0 Å². The first-order valence-corrected chi connectivity index (χ1v) is 16.9. The Kier molecular flexibility index (Phi) is 10.5. The van der Waals surface area contributed by atoms with E-state index in [1.165, 1.54) is 24.3 Å². The lowest BCUT2D eigenvalue weighted by Gasteiger charge is -2.38. The Morgan fingerprint density at radius 3 is 2.35 bits per heavy atom. The predicted octanol–water partition coefficient (Wildman–Crippen LogP) is 6.29. The molecule has 0 aromatic heterocycles. The molecule has 0 saturated heterocycles. The maximum Gasteiger partial charge on any atom is 0.262 e. The van der Waals surface area contributed by atoms with Crippen molar-refractivity contribution >= 4 is 33.2 Å². The summed E-state index contributed by atoms with van der Waals surface area (Å²) in [6, 6.07) is 27.6. The number of amides is 1. The molecule has 4 aromatic rings. The van der Waals surface area contributed by atoms with Crippen LogP contribution in [0.5, 0.6) is 17.2 Å². The fraction of sp³-hybridized carbons (Fsp3) is 0.286. The fourth-order valence-electron chi connectivity index (χ4n) is 5.33. The van der Waals surface area contributed by atoms with Crippen LogP contribution in [-0.4, -0.2) is 68.1 Å². The van der Waals surface area contributed by atoms with E-state index in [4.69, 9.17) is 21.1 Å². The summed E-state index contributed by atoms with van der Waals surface area (Å²) in [5, 5.41) is 10.4. The third-order valence-electron chi connectivity index (χ3n) is 7.91. The largest absolute Gasteiger partial charge is 0.486 e. The number of rotatable bonds is 11. The molecule has 1 amide bonds. The molecule has 11 heteroatoms. The number of nitrogens with one attached hydrogen (secondary N) is 1. The lowest BCUT2D eigenvalue weighted by Crippen LogP contribution is -2.49. The average molecular weight is 664 g/mol. The van der Waals surface area contributed by atoms with Gasteiger partial charge in [-0.2, -0.15) is 0 Å². The quantitative estimate of drug-likeness (QED) is 0.194. The van der Waals surface area contributed by atoms with Gasteiger partial charge in [-0.1, -0.05) is 54.9 Å². The Morgan fingerprint density at radius 1 is 1.00 bits per heavy atom. The van der Waals surface area contributed by atoms with Crippen LogP contribution >= 0.6 is 11.6 Å². The van der Waals surface area contributed by atoms with Crippen molar-refractivity contribution in [2.45, 2.75) is 37.4 Å². The van der Waals surface area contributed by atoms with Crippen LogP contribution in [0.2, 0.25) is 5.02 Å². The van der Waals surface area contributed by atoms with Crippen molar-refractivity contribution in [3.8, 4) is 17.2 Å². The highest BCUT2D eigenvalue weighted by Gasteiger charge is 2.35. The van der Waals surface area contributed by atoms with E-state index < -0.39 is 22.2 Å². The van der Waals surface area contributed by atoms with Crippen LogP contribution in [0.25, 0.3) is 0 Å². The molecule has 0 bridgehead atoms. The number of para-hydroxylation sites is 2. The van der Waals surface area contributed by atoms with E-state index in [0.717, 1.165) is 17.1 Å². The molecule has 0 spiro atoms. The predicted molar refractivity (Wildman–Crippen MR) is 179 cm³/mol. The Hall–Kier alpha value is -4.09. The topological polar surface area (TPSA) is 108 Å². The molecular formula is C35H38ClN3O6S. The molecular weight excluding hydrogens is 626 g/mol. The Balaban J connectivity index is 1.39. The molecule has 0 saturated carbocycles. The molecule has 0 radical (unpaired) electrons. The highest BCUT2D eigenvalue weighted by molar-refractivity contribution is 7.92. The minimum atomic E-state index is -4.03. The van der Waals surface area contributed by atoms with E-state index in [0.29, 0.717) is 24.7 Å². The number of likely N-dealkylation sites (N-methyl/N-ethyl adjacent to an activating group) is 1. The van der Waals surface area contributed by atoms with Crippen LogP contribution in [0.1, 0.15) is 29.8 Å². The van der Waals surface area contributed by atoms with Gasteiger partial charge < -0.3 is 19.5 Å². The Bertz CT molecular complexity index is 1740. The van der Waals surface area contributed by atoms with Crippen molar-refractivity contribution < 1.29 is 27.8 Å². The third kappa shape index (κ3) is 8.00. The van der Waals surface area contributed by atoms with Crippen molar-refractivity contribution in [2.24, 2.45) is 5.92 Å². The summed E-state index contributed by atoms with van der Waals surface area (Å²) in [4.78, 5) is 17.6. The summed E-state index contributed by atoms with van der Waals surface area (Å²) in [5.74, 6) is 1.15. The van der Waals surface area contributed by atoms with Gasteiger partial charge in [0.15, 0.2) is 5.75 Å². The van der Waals surface area contributed by atoms with Gasteiger partial charge in [0, 0.05) is 30.6 Å². The molecule has 2 N–H and O–H groups in total. The van der Waals surface area contributed by atoms with Gasteiger partial charge in [-0.15, -0.1) is 0 Å². The normalized spacial score (nSPS) is 17.4. The number of anilines is 1. The first kappa shape index (κ1) is 33.3. The molecule has 5 rings (SSSR count). The Labute approximate surface area is 275 Å². The molecule has 0 unspecified atom stereocenters. The monoisotopic (exact) mass is 663 g/mol. The second kappa shape index (κ2) is 14.6. The summed E-state index contributed by atoms with van der Waals surface area (Å²) in [6.07, 6.45) is -0.424. The second-order valence-corrected chi connectivity index (χ2v) is 13.7. The summed E-state index contributed by atoms with van der Waals surface area (Å²) >= 11 is 5.97. The zero-order valence-corrected chi connectivity index (χ0v) is 27.5. The van der Waals surface area contributed by atoms with Gasteiger partial charge in [-0.25, -0.2) is 8.42 Å². The molecule has 1 aliphatic rings. The van der Waals surface area contributed by atoms with Crippen LogP contribution in [0.3, 0.4) is 0 Å². The van der Waals surface area contributed by atoms with Crippen LogP contribution in [0.15, 0.2) is 102 Å². The summed E-state index contributed by atoms with van der Waals surface area (Å²) in [7, 11) is -2.04. The zero-order valence-electron chi connectivity index (χ0n) is 26.0. The average Bonchev–Trinajstić information content (AvgIpc) is 3.04. The van der Waals surface area contributed by atoms with Crippen molar-refractivity contribution in [3.63, 3.8) is 0 Å². The minimum absolute atomic E-state index is 0.0204. The number of aliphatic hydroxyl groups excluding tert-OH is 1. The Morgan fingerprint density at radius 2 is 1.67 bits per heavy atom. The lowest BCUT2D eigenvalue weighted by molar-refractivity contribution is 0.0344. The molecule has 242 valence electrons. The van der Waals surface area contributed by atoms with Gasteiger partial charge in [0.25, 0.3) is 15.9 Å². The fourth-order valence-corrected chi connectivity index (χ4v) is 6.52. The van der Waals surface area contributed by atoms with E-state index in [2.05, 4.69) is 9.62 Å².